The molecule has 8 nitrogen and oxygen atoms in total. The Bertz CT molecular complexity index is 817. The molecule has 3 rings (SSSR count). The molecule has 0 saturated carbocycles. The highest BCUT2D eigenvalue weighted by atomic mass is 32.2. The van der Waals surface area contributed by atoms with Crippen LogP contribution in [0.1, 0.15) is 12.1 Å². The van der Waals surface area contributed by atoms with Crippen molar-refractivity contribution in [3.05, 3.63) is 30.4 Å². The lowest BCUT2D eigenvalue weighted by Gasteiger charge is -2.21. The van der Waals surface area contributed by atoms with Crippen molar-refractivity contribution in [1.82, 2.24) is 28.4 Å². The highest BCUT2D eigenvalue weighted by molar-refractivity contribution is 7.86. The molecule has 0 aliphatic carbocycles. The summed E-state index contributed by atoms with van der Waals surface area (Å²) in [6.45, 7) is 1.06. The third-order valence-electron chi connectivity index (χ3n) is 4.36. The number of nitrogens with zero attached hydrogens (tertiary/aromatic N) is 6. The second-order valence-corrected chi connectivity index (χ2v) is 8.34. The molecule has 24 heavy (non-hydrogen) atoms. The molecule has 3 heterocycles. The van der Waals surface area contributed by atoms with Gasteiger partial charge in [-0.2, -0.15) is 22.1 Å². The summed E-state index contributed by atoms with van der Waals surface area (Å²) >= 11 is 0. The second-order valence-electron chi connectivity index (χ2n) is 6.20. The van der Waals surface area contributed by atoms with Gasteiger partial charge in [-0.25, -0.2) is 0 Å². The van der Waals surface area contributed by atoms with E-state index in [4.69, 9.17) is 0 Å². The number of aromatic nitrogens is 4. The van der Waals surface area contributed by atoms with Crippen molar-refractivity contribution in [1.29, 1.82) is 0 Å². The lowest BCUT2D eigenvalue weighted by Crippen LogP contribution is -2.38. The normalized spacial score (nSPS) is 19.2. The minimum absolute atomic E-state index is 0.239. The molecule has 0 spiro atoms. The van der Waals surface area contributed by atoms with Crippen LogP contribution in [-0.4, -0.2) is 64.0 Å². The van der Waals surface area contributed by atoms with Gasteiger partial charge in [0.05, 0.1) is 11.4 Å². The van der Waals surface area contributed by atoms with Crippen molar-refractivity contribution < 1.29 is 8.42 Å². The summed E-state index contributed by atoms with van der Waals surface area (Å²) in [5.74, 6) is 0.239. The van der Waals surface area contributed by atoms with E-state index in [1.165, 1.54) is 8.61 Å². The van der Waals surface area contributed by atoms with E-state index in [0.29, 0.717) is 19.5 Å². The Morgan fingerprint density at radius 2 is 2.00 bits per heavy atom. The molecule has 1 atom stereocenters. The van der Waals surface area contributed by atoms with Gasteiger partial charge in [0.2, 0.25) is 0 Å². The van der Waals surface area contributed by atoms with Gasteiger partial charge >= 0.3 is 0 Å². The van der Waals surface area contributed by atoms with Gasteiger partial charge in [-0.15, -0.1) is 0 Å². The topological polar surface area (TPSA) is 84.2 Å². The lowest BCUT2D eigenvalue weighted by atomic mass is 10.0. The molecule has 2 aromatic heterocycles. The smallest absolute Gasteiger partial charge is 0.266 e. The predicted octanol–water partition coefficient (Wildman–Crippen LogP) is 0.548. The molecule has 0 unspecified atom stereocenters. The van der Waals surface area contributed by atoms with Gasteiger partial charge in [-0.05, 0) is 24.8 Å². The van der Waals surface area contributed by atoms with Crippen LogP contribution in [0.25, 0.3) is 11.4 Å². The minimum Gasteiger partial charge on any atom is -0.266 e. The fraction of sp³-hybridized carbons (Fsp3) is 0.533. The Morgan fingerprint density at radius 1 is 1.25 bits per heavy atom. The van der Waals surface area contributed by atoms with Crippen LogP contribution in [0.15, 0.2) is 24.7 Å². The summed E-state index contributed by atoms with van der Waals surface area (Å²) in [6.07, 6.45) is 6.61. The van der Waals surface area contributed by atoms with Crippen molar-refractivity contribution in [3.63, 3.8) is 0 Å². The minimum atomic E-state index is -3.35. The van der Waals surface area contributed by atoms with Crippen LogP contribution in [0.5, 0.6) is 0 Å². The molecule has 2 aromatic rings. The zero-order valence-corrected chi connectivity index (χ0v) is 14.9. The molecule has 9 heteroatoms. The molecular formula is C15H22N6O2S. The third-order valence-corrected chi connectivity index (χ3v) is 6.26. The Kier molecular flexibility index (Phi) is 4.66. The molecule has 1 aliphatic heterocycles. The van der Waals surface area contributed by atoms with E-state index in [-0.39, 0.29) is 5.92 Å². The summed E-state index contributed by atoms with van der Waals surface area (Å²) in [4.78, 5) is 8.94. The lowest BCUT2D eigenvalue weighted by molar-refractivity contribution is 0.409. The summed E-state index contributed by atoms with van der Waals surface area (Å²) < 4.78 is 29.1. The van der Waals surface area contributed by atoms with E-state index < -0.39 is 10.2 Å². The molecule has 1 aliphatic rings. The Balaban J connectivity index is 1.78. The van der Waals surface area contributed by atoms with Crippen LogP contribution in [0.3, 0.4) is 0 Å². The number of rotatable bonds is 5. The third kappa shape index (κ3) is 3.19. The van der Waals surface area contributed by atoms with Crippen molar-refractivity contribution in [2.75, 3.05) is 27.2 Å². The molecule has 0 amide bonds. The maximum atomic E-state index is 12.2. The average molecular weight is 350 g/mol. The van der Waals surface area contributed by atoms with E-state index >= 15 is 0 Å². The van der Waals surface area contributed by atoms with Crippen LogP contribution < -0.4 is 0 Å². The first kappa shape index (κ1) is 17.0. The molecule has 130 valence electrons. The van der Waals surface area contributed by atoms with Crippen molar-refractivity contribution >= 4 is 10.2 Å². The van der Waals surface area contributed by atoms with Crippen molar-refractivity contribution in [2.45, 2.75) is 12.8 Å². The molecule has 1 fully saturated rings. The van der Waals surface area contributed by atoms with E-state index in [1.807, 2.05) is 13.1 Å². The second kappa shape index (κ2) is 6.58. The number of aryl methyl sites for hydroxylation is 1. The summed E-state index contributed by atoms with van der Waals surface area (Å²) in [7, 11) is 1.65. The van der Waals surface area contributed by atoms with Crippen LogP contribution in [0.4, 0.5) is 0 Å². The molecule has 0 N–H and O–H groups in total. The van der Waals surface area contributed by atoms with E-state index in [9.17, 15) is 8.42 Å². The first-order valence-electron chi connectivity index (χ1n) is 7.85. The summed E-state index contributed by atoms with van der Waals surface area (Å²) in [5.41, 5.74) is 2.61. The Hall–Kier alpha value is -1.84. The van der Waals surface area contributed by atoms with Crippen LogP contribution >= 0.6 is 0 Å². The molecule has 0 radical (unpaired) electrons. The highest BCUT2D eigenvalue weighted by Crippen LogP contribution is 2.27. The zero-order chi connectivity index (χ0) is 17.3. The molecular weight excluding hydrogens is 328 g/mol. The summed E-state index contributed by atoms with van der Waals surface area (Å²) in [5, 5.41) is 4.19. The van der Waals surface area contributed by atoms with Crippen LogP contribution in [0, 0.1) is 5.92 Å². The Labute approximate surface area is 142 Å². The van der Waals surface area contributed by atoms with Gasteiger partial charge in [-0.3, -0.25) is 14.6 Å². The summed E-state index contributed by atoms with van der Waals surface area (Å²) in [6, 6.07) is 1.91. The van der Waals surface area contributed by atoms with Crippen LogP contribution in [0.2, 0.25) is 0 Å². The predicted molar refractivity (Wildman–Crippen MR) is 90.2 cm³/mol. The molecule has 0 bridgehead atoms. The first-order chi connectivity index (χ1) is 11.4. The SMILES string of the molecule is CN(C)S(=O)(=O)N1CC[C@H](Cc2nccnc2-c2ccnn2C)C1. The standard InChI is InChI=1S/C15H22N6O2S/c1-19(2)24(22,23)21-9-5-12(11-21)10-13-15(17-8-7-16-13)14-4-6-18-20(14)3/h4,6-8,12H,5,9-11H2,1-3H3/t12-/m1/s1. The largest absolute Gasteiger partial charge is 0.281 e. The number of hydrogen-bond acceptors (Lipinski definition) is 5. The fourth-order valence-electron chi connectivity index (χ4n) is 3.01. The van der Waals surface area contributed by atoms with E-state index in [0.717, 1.165) is 23.5 Å². The van der Waals surface area contributed by atoms with Gasteiger partial charge in [0.15, 0.2) is 0 Å². The Morgan fingerprint density at radius 3 is 2.67 bits per heavy atom. The molecule has 0 aromatic carbocycles. The quantitative estimate of drug-likeness (QED) is 0.786. The maximum Gasteiger partial charge on any atom is 0.281 e. The van der Waals surface area contributed by atoms with E-state index in [2.05, 4.69) is 15.1 Å². The first-order valence-corrected chi connectivity index (χ1v) is 9.25. The zero-order valence-electron chi connectivity index (χ0n) is 14.1. The number of hydrogen-bond donors (Lipinski definition) is 0. The van der Waals surface area contributed by atoms with Gasteiger partial charge in [0, 0.05) is 52.8 Å². The fourth-order valence-corrected chi connectivity index (χ4v) is 4.21. The average Bonchev–Trinajstić information content (AvgIpc) is 3.17. The van der Waals surface area contributed by atoms with Gasteiger partial charge in [0.25, 0.3) is 10.2 Å². The molecule has 1 saturated heterocycles. The van der Waals surface area contributed by atoms with Crippen molar-refractivity contribution in [3.8, 4) is 11.4 Å². The monoisotopic (exact) mass is 350 g/mol. The van der Waals surface area contributed by atoms with Gasteiger partial charge in [0.1, 0.15) is 5.69 Å². The van der Waals surface area contributed by atoms with Crippen LogP contribution in [-0.2, 0) is 23.7 Å². The maximum absolute atomic E-state index is 12.2. The highest BCUT2D eigenvalue weighted by Gasteiger charge is 2.33. The van der Waals surface area contributed by atoms with Crippen molar-refractivity contribution in [2.24, 2.45) is 13.0 Å². The van der Waals surface area contributed by atoms with Gasteiger partial charge in [-0.1, -0.05) is 0 Å². The van der Waals surface area contributed by atoms with E-state index in [1.54, 1.807) is 37.4 Å². The van der Waals surface area contributed by atoms with Gasteiger partial charge < -0.3 is 0 Å².